The topological polar surface area (TPSA) is 86.8 Å². The molecule has 2 amide bonds. The quantitative estimate of drug-likeness (QED) is 0.375. The van der Waals surface area contributed by atoms with Crippen LogP contribution in [-0.2, 0) is 26.2 Å². The van der Waals surface area contributed by atoms with Crippen LogP contribution in [0.1, 0.15) is 24.5 Å². The molecule has 0 aliphatic carbocycles. The smallest absolute Gasteiger partial charge is 0.264 e. The predicted molar refractivity (Wildman–Crippen MR) is 147 cm³/mol. The second-order valence-corrected chi connectivity index (χ2v) is 11.2. The van der Waals surface area contributed by atoms with Crippen molar-refractivity contribution in [1.82, 2.24) is 10.2 Å². The van der Waals surface area contributed by atoms with Gasteiger partial charge in [0.25, 0.3) is 10.0 Å². The van der Waals surface area contributed by atoms with Gasteiger partial charge in [0.1, 0.15) is 12.6 Å². The number of nitrogens with one attached hydrogen (secondary N) is 1. The number of likely N-dealkylation sites (N-methyl/N-ethyl adjacent to an activating group) is 1. The van der Waals surface area contributed by atoms with Crippen molar-refractivity contribution in [3.05, 3.63) is 94.0 Å². The molecule has 0 saturated heterocycles. The molecule has 3 rings (SSSR count). The second-order valence-electron chi connectivity index (χ2n) is 8.47. The van der Waals surface area contributed by atoms with Crippen molar-refractivity contribution in [3.8, 4) is 0 Å². The number of rotatable bonds is 10. The molecule has 1 atom stereocenters. The summed E-state index contributed by atoms with van der Waals surface area (Å²) in [7, 11) is -2.70. The minimum Gasteiger partial charge on any atom is -0.357 e. The van der Waals surface area contributed by atoms with Crippen molar-refractivity contribution in [3.63, 3.8) is 0 Å². The highest BCUT2D eigenvalue weighted by molar-refractivity contribution is 7.92. The van der Waals surface area contributed by atoms with Gasteiger partial charge in [-0.1, -0.05) is 78.2 Å². The van der Waals surface area contributed by atoms with E-state index in [0.29, 0.717) is 11.4 Å². The second kappa shape index (κ2) is 12.4. The molecule has 10 heteroatoms. The number of sulfonamides is 1. The van der Waals surface area contributed by atoms with Gasteiger partial charge in [0.2, 0.25) is 11.8 Å². The van der Waals surface area contributed by atoms with E-state index in [1.807, 2.05) is 31.2 Å². The van der Waals surface area contributed by atoms with Crippen LogP contribution < -0.4 is 9.62 Å². The standard InChI is InChI=1S/C27H29Cl2N3O4S/c1-4-24(27(34)30-3)31(17-20-12-10-19(2)11-13-20)26(33)18-32(25-15-14-21(28)16-23(25)29)37(35,36)22-8-6-5-7-9-22/h5-16,24H,4,17-18H2,1-3H3,(H,30,34)/t24-/m0/s1. The number of anilines is 1. The van der Waals surface area contributed by atoms with Gasteiger partial charge in [-0.15, -0.1) is 0 Å². The highest BCUT2D eigenvalue weighted by Crippen LogP contribution is 2.33. The van der Waals surface area contributed by atoms with Gasteiger partial charge < -0.3 is 10.2 Å². The van der Waals surface area contributed by atoms with Crippen LogP contribution in [0.3, 0.4) is 0 Å². The molecule has 0 aromatic heterocycles. The number of aryl methyl sites for hydroxylation is 1. The lowest BCUT2D eigenvalue weighted by atomic mass is 10.1. The molecule has 0 heterocycles. The van der Waals surface area contributed by atoms with E-state index in [2.05, 4.69) is 5.32 Å². The summed E-state index contributed by atoms with van der Waals surface area (Å²) < 4.78 is 28.4. The van der Waals surface area contributed by atoms with Crippen LogP contribution in [0, 0.1) is 6.92 Å². The van der Waals surface area contributed by atoms with Gasteiger partial charge in [-0.3, -0.25) is 13.9 Å². The van der Waals surface area contributed by atoms with Crippen LogP contribution in [0.15, 0.2) is 77.7 Å². The molecule has 0 unspecified atom stereocenters. The van der Waals surface area contributed by atoms with Crippen molar-refractivity contribution in [2.45, 2.75) is 37.8 Å². The van der Waals surface area contributed by atoms with Gasteiger partial charge in [-0.2, -0.15) is 0 Å². The van der Waals surface area contributed by atoms with Crippen molar-refractivity contribution >= 4 is 50.7 Å². The molecule has 0 radical (unpaired) electrons. The summed E-state index contributed by atoms with van der Waals surface area (Å²) in [6.45, 7) is 3.30. The molecular formula is C27H29Cl2N3O4S. The Labute approximate surface area is 228 Å². The molecule has 196 valence electrons. The summed E-state index contributed by atoms with van der Waals surface area (Å²) >= 11 is 12.5. The molecule has 0 bridgehead atoms. The minimum atomic E-state index is -4.20. The molecule has 0 fully saturated rings. The normalized spacial score (nSPS) is 12.0. The van der Waals surface area contributed by atoms with Crippen molar-refractivity contribution in [2.24, 2.45) is 0 Å². The fourth-order valence-corrected chi connectivity index (χ4v) is 5.91. The van der Waals surface area contributed by atoms with E-state index < -0.39 is 28.5 Å². The van der Waals surface area contributed by atoms with Crippen LogP contribution in [0.2, 0.25) is 10.0 Å². The van der Waals surface area contributed by atoms with Gasteiger partial charge in [0.15, 0.2) is 0 Å². The van der Waals surface area contributed by atoms with Crippen LogP contribution in [0.5, 0.6) is 0 Å². The Hall–Kier alpha value is -3.07. The Kier molecular flexibility index (Phi) is 9.59. The lowest BCUT2D eigenvalue weighted by molar-refractivity contribution is -0.140. The lowest BCUT2D eigenvalue weighted by Gasteiger charge is -2.33. The number of nitrogens with zero attached hydrogens (tertiary/aromatic N) is 2. The first-order valence-corrected chi connectivity index (χ1v) is 13.9. The van der Waals surface area contributed by atoms with E-state index in [1.165, 1.54) is 42.3 Å². The molecule has 7 nitrogen and oxygen atoms in total. The number of amides is 2. The maximum atomic E-state index is 13.8. The van der Waals surface area contributed by atoms with E-state index in [4.69, 9.17) is 23.2 Å². The third-order valence-electron chi connectivity index (χ3n) is 5.89. The zero-order chi connectivity index (χ0) is 27.2. The number of hydrogen-bond donors (Lipinski definition) is 1. The monoisotopic (exact) mass is 561 g/mol. The van der Waals surface area contributed by atoms with Crippen molar-refractivity contribution in [1.29, 1.82) is 0 Å². The molecule has 0 saturated carbocycles. The number of hydrogen-bond acceptors (Lipinski definition) is 4. The Balaban J connectivity index is 2.08. The summed E-state index contributed by atoms with van der Waals surface area (Å²) in [6, 6.07) is 18.9. The Morgan fingerprint density at radius 3 is 2.19 bits per heavy atom. The zero-order valence-corrected chi connectivity index (χ0v) is 23.1. The maximum absolute atomic E-state index is 13.8. The Morgan fingerprint density at radius 1 is 0.973 bits per heavy atom. The first-order chi connectivity index (χ1) is 17.6. The highest BCUT2D eigenvalue weighted by atomic mass is 35.5. The van der Waals surface area contributed by atoms with E-state index in [0.717, 1.165) is 15.4 Å². The third kappa shape index (κ3) is 6.83. The van der Waals surface area contributed by atoms with Crippen molar-refractivity contribution in [2.75, 3.05) is 17.9 Å². The van der Waals surface area contributed by atoms with Crippen LogP contribution >= 0.6 is 23.2 Å². The lowest BCUT2D eigenvalue weighted by Crippen LogP contribution is -2.51. The number of halogens is 2. The first-order valence-electron chi connectivity index (χ1n) is 11.7. The number of carbonyl (C=O) groups excluding carboxylic acids is 2. The molecule has 3 aromatic rings. The summed E-state index contributed by atoms with van der Waals surface area (Å²) in [4.78, 5) is 28.0. The molecule has 0 aliphatic heterocycles. The van der Waals surface area contributed by atoms with Gasteiger partial charge >= 0.3 is 0 Å². The largest absolute Gasteiger partial charge is 0.357 e. The minimum absolute atomic E-state index is 0.00255. The SMILES string of the molecule is CC[C@@H](C(=O)NC)N(Cc1ccc(C)cc1)C(=O)CN(c1ccc(Cl)cc1Cl)S(=O)(=O)c1ccccc1. The van der Waals surface area contributed by atoms with Gasteiger partial charge in [0.05, 0.1) is 15.6 Å². The number of benzene rings is 3. The van der Waals surface area contributed by atoms with Crippen LogP contribution in [0.25, 0.3) is 0 Å². The number of carbonyl (C=O) groups is 2. The summed E-state index contributed by atoms with van der Waals surface area (Å²) in [6.07, 6.45) is 0.338. The average Bonchev–Trinajstić information content (AvgIpc) is 2.88. The molecule has 37 heavy (non-hydrogen) atoms. The molecule has 0 aliphatic rings. The molecule has 0 spiro atoms. The first kappa shape index (κ1) is 28.5. The van der Waals surface area contributed by atoms with Gasteiger partial charge in [-0.25, -0.2) is 8.42 Å². The van der Waals surface area contributed by atoms with E-state index in [1.54, 1.807) is 25.1 Å². The van der Waals surface area contributed by atoms with Crippen LogP contribution in [-0.4, -0.2) is 44.8 Å². The van der Waals surface area contributed by atoms with E-state index in [9.17, 15) is 18.0 Å². The predicted octanol–water partition coefficient (Wildman–Crippen LogP) is 5.05. The molecule has 1 N–H and O–H groups in total. The Bertz CT molecular complexity index is 1350. The third-order valence-corrected chi connectivity index (χ3v) is 8.21. The molecular weight excluding hydrogens is 533 g/mol. The highest BCUT2D eigenvalue weighted by Gasteiger charge is 2.34. The van der Waals surface area contributed by atoms with E-state index >= 15 is 0 Å². The Morgan fingerprint density at radius 2 is 1.62 bits per heavy atom. The summed E-state index contributed by atoms with van der Waals surface area (Å²) in [5.41, 5.74) is 1.97. The summed E-state index contributed by atoms with van der Waals surface area (Å²) in [5, 5.41) is 3.00. The maximum Gasteiger partial charge on any atom is 0.264 e. The van der Waals surface area contributed by atoms with Crippen molar-refractivity contribution < 1.29 is 18.0 Å². The zero-order valence-electron chi connectivity index (χ0n) is 20.8. The van der Waals surface area contributed by atoms with Gasteiger partial charge in [-0.05, 0) is 49.2 Å². The summed E-state index contributed by atoms with van der Waals surface area (Å²) in [5.74, 6) is -0.897. The van der Waals surface area contributed by atoms with E-state index in [-0.39, 0.29) is 28.1 Å². The van der Waals surface area contributed by atoms with Gasteiger partial charge in [0, 0.05) is 18.6 Å². The van der Waals surface area contributed by atoms with Crippen LogP contribution in [0.4, 0.5) is 5.69 Å². The average molecular weight is 563 g/mol. The fraction of sp³-hybridized carbons (Fsp3) is 0.259. The molecule has 3 aromatic carbocycles. The fourth-order valence-electron chi connectivity index (χ4n) is 3.89.